The lowest BCUT2D eigenvalue weighted by Crippen LogP contribution is -2.40. The van der Waals surface area contributed by atoms with Crippen LogP contribution in [0.2, 0.25) is 0 Å². The highest BCUT2D eigenvalue weighted by Gasteiger charge is 2.29. The van der Waals surface area contributed by atoms with Crippen LogP contribution < -0.4 is 5.32 Å². The van der Waals surface area contributed by atoms with E-state index < -0.39 is 30.5 Å². The van der Waals surface area contributed by atoms with Gasteiger partial charge in [0.05, 0.1) is 5.92 Å². The second-order valence-corrected chi connectivity index (χ2v) is 7.69. The molecule has 0 aromatic heterocycles. The normalized spacial score (nSPS) is 13.1. The molecule has 0 saturated carbocycles. The van der Waals surface area contributed by atoms with E-state index in [0.717, 1.165) is 33.7 Å². The standard InChI is InChI=1S/C24H28N2O6/c1-3-8-16(23(29)26(2)32-15-22(27)28)13-25-24(30)31-14-21-19-11-6-4-9-17(19)18-10-5-7-12-20(18)21/h4-7,9-12,16,21H,3,8,13-15H2,1-2H3,(H,25,30)(H,27,28). The van der Waals surface area contributed by atoms with Crippen LogP contribution in [0.5, 0.6) is 0 Å². The molecule has 1 atom stereocenters. The smallest absolute Gasteiger partial charge is 0.407 e. The molecule has 1 aliphatic carbocycles. The van der Waals surface area contributed by atoms with E-state index in [-0.39, 0.29) is 19.1 Å². The lowest BCUT2D eigenvalue weighted by atomic mass is 9.98. The summed E-state index contributed by atoms with van der Waals surface area (Å²) in [5.74, 6) is -2.16. The average Bonchev–Trinajstić information content (AvgIpc) is 3.12. The van der Waals surface area contributed by atoms with Gasteiger partial charge in [0, 0.05) is 19.5 Å². The van der Waals surface area contributed by atoms with Crippen LogP contribution in [0.4, 0.5) is 4.79 Å². The van der Waals surface area contributed by atoms with Crippen molar-refractivity contribution in [3.05, 3.63) is 59.7 Å². The number of fused-ring (bicyclic) bond motifs is 3. The van der Waals surface area contributed by atoms with Crippen molar-refractivity contribution in [1.82, 2.24) is 10.4 Å². The van der Waals surface area contributed by atoms with Gasteiger partial charge in [-0.2, -0.15) is 0 Å². The molecule has 2 aromatic carbocycles. The second kappa shape index (κ2) is 10.8. The molecular formula is C24H28N2O6. The molecule has 2 aromatic rings. The summed E-state index contributed by atoms with van der Waals surface area (Å²) in [7, 11) is 1.36. The first-order valence-corrected chi connectivity index (χ1v) is 10.6. The van der Waals surface area contributed by atoms with E-state index in [4.69, 9.17) is 14.7 Å². The van der Waals surface area contributed by atoms with Gasteiger partial charge < -0.3 is 15.2 Å². The van der Waals surface area contributed by atoms with Crippen LogP contribution in [0.1, 0.15) is 36.8 Å². The summed E-state index contributed by atoms with van der Waals surface area (Å²) in [5.41, 5.74) is 4.54. The Morgan fingerprint density at radius 3 is 2.22 bits per heavy atom. The number of rotatable bonds is 10. The van der Waals surface area contributed by atoms with Crippen molar-refractivity contribution in [2.75, 3.05) is 26.8 Å². The van der Waals surface area contributed by atoms with E-state index in [1.54, 1.807) is 0 Å². The van der Waals surface area contributed by atoms with Crippen molar-refractivity contribution in [2.45, 2.75) is 25.7 Å². The van der Waals surface area contributed by atoms with E-state index in [9.17, 15) is 14.4 Å². The summed E-state index contributed by atoms with van der Waals surface area (Å²) in [6.07, 6.45) is 0.633. The van der Waals surface area contributed by atoms with Crippen LogP contribution in [0.15, 0.2) is 48.5 Å². The fourth-order valence-electron chi connectivity index (χ4n) is 3.99. The number of ether oxygens (including phenoxy) is 1. The molecule has 8 nitrogen and oxygen atoms in total. The monoisotopic (exact) mass is 440 g/mol. The fraction of sp³-hybridized carbons (Fsp3) is 0.375. The van der Waals surface area contributed by atoms with Gasteiger partial charge in [0.15, 0.2) is 6.61 Å². The number of carboxylic acids is 1. The Hall–Kier alpha value is -3.39. The first-order chi connectivity index (χ1) is 15.4. The van der Waals surface area contributed by atoms with E-state index in [0.29, 0.717) is 6.42 Å². The number of hydrogen-bond acceptors (Lipinski definition) is 5. The zero-order valence-corrected chi connectivity index (χ0v) is 18.2. The minimum atomic E-state index is -1.17. The van der Waals surface area contributed by atoms with Gasteiger partial charge in [-0.3, -0.25) is 9.63 Å². The molecule has 0 spiro atoms. The van der Waals surface area contributed by atoms with Gasteiger partial charge in [0.2, 0.25) is 0 Å². The number of benzene rings is 2. The molecular weight excluding hydrogens is 412 g/mol. The van der Waals surface area contributed by atoms with Gasteiger partial charge >= 0.3 is 12.1 Å². The molecule has 170 valence electrons. The number of aliphatic carboxylic acids is 1. The van der Waals surface area contributed by atoms with Crippen molar-refractivity contribution in [1.29, 1.82) is 0 Å². The Balaban J connectivity index is 1.56. The Morgan fingerprint density at radius 1 is 1.06 bits per heavy atom. The first-order valence-electron chi connectivity index (χ1n) is 10.6. The summed E-state index contributed by atoms with van der Waals surface area (Å²) in [6, 6.07) is 16.2. The molecule has 0 saturated heterocycles. The highest BCUT2D eigenvalue weighted by atomic mass is 16.7. The van der Waals surface area contributed by atoms with Crippen molar-refractivity contribution >= 4 is 18.0 Å². The SMILES string of the molecule is CCCC(CNC(=O)OCC1c2ccccc2-c2ccccc21)C(=O)N(C)OCC(=O)O. The van der Waals surface area contributed by atoms with Gasteiger partial charge in [-0.05, 0) is 28.7 Å². The minimum absolute atomic E-state index is 0.0447. The molecule has 8 heteroatoms. The predicted molar refractivity (Wildman–Crippen MR) is 118 cm³/mol. The van der Waals surface area contributed by atoms with Crippen LogP contribution >= 0.6 is 0 Å². The van der Waals surface area contributed by atoms with E-state index in [1.807, 2.05) is 43.3 Å². The van der Waals surface area contributed by atoms with Crippen molar-refractivity contribution in [3.8, 4) is 11.1 Å². The number of alkyl carbamates (subject to hydrolysis) is 1. The number of carboxylic acid groups (broad SMARTS) is 1. The predicted octanol–water partition coefficient (Wildman–Crippen LogP) is 3.42. The maximum atomic E-state index is 12.5. The zero-order chi connectivity index (χ0) is 23.1. The highest BCUT2D eigenvalue weighted by molar-refractivity contribution is 5.80. The van der Waals surface area contributed by atoms with E-state index >= 15 is 0 Å². The van der Waals surface area contributed by atoms with Crippen LogP contribution in [-0.2, 0) is 19.2 Å². The number of hydrogen-bond donors (Lipinski definition) is 2. The van der Waals surface area contributed by atoms with Crippen molar-refractivity contribution < 1.29 is 29.1 Å². The Bertz CT molecular complexity index is 931. The molecule has 0 heterocycles. The molecule has 3 rings (SSSR count). The number of nitrogens with zero attached hydrogens (tertiary/aromatic N) is 1. The average molecular weight is 440 g/mol. The Kier molecular flexibility index (Phi) is 7.83. The number of amides is 2. The van der Waals surface area contributed by atoms with E-state index in [2.05, 4.69) is 17.4 Å². The zero-order valence-electron chi connectivity index (χ0n) is 18.2. The number of carbonyl (C=O) groups excluding carboxylic acids is 2. The van der Waals surface area contributed by atoms with Crippen LogP contribution in [0, 0.1) is 5.92 Å². The van der Waals surface area contributed by atoms with Crippen LogP contribution in [0.3, 0.4) is 0 Å². The van der Waals surface area contributed by atoms with Gasteiger partial charge in [0.1, 0.15) is 6.61 Å². The summed E-state index contributed by atoms with van der Waals surface area (Å²) < 4.78 is 5.50. The Morgan fingerprint density at radius 2 is 1.66 bits per heavy atom. The Labute approximate surface area is 187 Å². The second-order valence-electron chi connectivity index (χ2n) is 7.69. The van der Waals surface area contributed by atoms with Crippen LogP contribution in [0.25, 0.3) is 11.1 Å². The lowest BCUT2D eigenvalue weighted by Gasteiger charge is -2.22. The highest BCUT2D eigenvalue weighted by Crippen LogP contribution is 2.44. The molecule has 2 amide bonds. The molecule has 32 heavy (non-hydrogen) atoms. The largest absolute Gasteiger partial charge is 0.479 e. The quantitative estimate of drug-likeness (QED) is 0.549. The molecule has 2 N–H and O–H groups in total. The van der Waals surface area contributed by atoms with Gasteiger partial charge in [-0.1, -0.05) is 61.9 Å². The van der Waals surface area contributed by atoms with E-state index in [1.165, 1.54) is 7.05 Å². The third-order valence-electron chi connectivity index (χ3n) is 5.51. The fourth-order valence-corrected chi connectivity index (χ4v) is 3.99. The van der Waals surface area contributed by atoms with Gasteiger partial charge in [-0.25, -0.2) is 14.7 Å². The topological polar surface area (TPSA) is 105 Å². The summed E-state index contributed by atoms with van der Waals surface area (Å²) in [6.45, 7) is 1.57. The molecule has 0 bridgehead atoms. The molecule has 1 aliphatic rings. The van der Waals surface area contributed by atoms with Gasteiger partial charge in [0.25, 0.3) is 5.91 Å². The summed E-state index contributed by atoms with van der Waals surface area (Å²) >= 11 is 0. The third kappa shape index (κ3) is 5.45. The molecule has 0 fully saturated rings. The molecule has 0 radical (unpaired) electrons. The van der Waals surface area contributed by atoms with Gasteiger partial charge in [-0.15, -0.1) is 0 Å². The number of nitrogens with one attached hydrogen (secondary N) is 1. The van der Waals surface area contributed by atoms with Crippen molar-refractivity contribution in [2.24, 2.45) is 5.92 Å². The van der Waals surface area contributed by atoms with Crippen LogP contribution in [-0.4, -0.2) is 54.9 Å². The molecule has 0 aliphatic heterocycles. The molecule has 1 unspecified atom stereocenters. The lowest BCUT2D eigenvalue weighted by molar-refractivity contribution is -0.189. The summed E-state index contributed by atoms with van der Waals surface area (Å²) in [5, 5.41) is 12.3. The maximum Gasteiger partial charge on any atom is 0.407 e. The third-order valence-corrected chi connectivity index (χ3v) is 5.51. The maximum absolute atomic E-state index is 12.5. The first kappa shape index (κ1) is 23.3. The number of hydroxylamine groups is 2. The van der Waals surface area contributed by atoms with Crippen molar-refractivity contribution in [3.63, 3.8) is 0 Å². The minimum Gasteiger partial charge on any atom is -0.479 e. The number of carbonyl (C=O) groups is 3. The summed E-state index contributed by atoms with van der Waals surface area (Å²) in [4.78, 5) is 40.4.